The summed E-state index contributed by atoms with van der Waals surface area (Å²) in [4.78, 5) is 26.0. The van der Waals surface area contributed by atoms with Crippen molar-refractivity contribution >= 4 is 17.8 Å². The van der Waals surface area contributed by atoms with Crippen molar-refractivity contribution < 1.29 is 9.59 Å². The number of allylic oxidation sites excluding steroid dienone is 2. The molecule has 2 aliphatic rings. The molecule has 1 aromatic rings. The van der Waals surface area contributed by atoms with Crippen LogP contribution in [0.2, 0.25) is 0 Å². The molecule has 1 heterocycles. The second-order valence-corrected chi connectivity index (χ2v) is 6.02. The zero-order chi connectivity index (χ0) is 15.4. The molecule has 0 radical (unpaired) electrons. The fourth-order valence-corrected chi connectivity index (χ4v) is 3.25. The number of ketones is 1. The SMILES string of the molecule is O=C1C(=O)N(C2CCCCC2)C/C1=C\C=C\c1ccccc1. The number of hydrogen-bond donors (Lipinski definition) is 0. The average molecular weight is 295 g/mol. The maximum atomic E-state index is 12.2. The number of benzene rings is 1. The van der Waals surface area contributed by atoms with E-state index < -0.39 is 0 Å². The van der Waals surface area contributed by atoms with E-state index >= 15 is 0 Å². The number of likely N-dealkylation sites (tertiary alicyclic amines) is 1. The highest BCUT2D eigenvalue weighted by Crippen LogP contribution is 2.27. The van der Waals surface area contributed by atoms with Crippen molar-refractivity contribution in [3.05, 3.63) is 53.6 Å². The molecule has 22 heavy (non-hydrogen) atoms. The van der Waals surface area contributed by atoms with Crippen molar-refractivity contribution in [1.29, 1.82) is 0 Å². The summed E-state index contributed by atoms with van der Waals surface area (Å²) in [5, 5.41) is 0. The summed E-state index contributed by atoms with van der Waals surface area (Å²) in [5.41, 5.74) is 1.70. The summed E-state index contributed by atoms with van der Waals surface area (Å²) < 4.78 is 0. The quantitative estimate of drug-likeness (QED) is 0.633. The molecule has 1 saturated carbocycles. The van der Waals surface area contributed by atoms with Crippen molar-refractivity contribution in [2.24, 2.45) is 0 Å². The van der Waals surface area contributed by atoms with Crippen LogP contribution in [-0.4, -0.2) is 29.2 Å². The van der Waals surface area contributed by atoms with E-state index in [-0.39, 0.29) is 17.7 Å². The molecule has 1 aromatic carbocycles. The van der Waals surface area contributed by atoms with Gasteiger partial charge in [-0.25, -0.2) is 0 Å². The molecule has 3 nitrogen and oxygen atoms in total. The number of carbonyl (C=O) groups is 2. The lowest BCUT2D eigenvalue weighted by molar-refractivity contribution is -0.140. The predicted molar refractivity (Wildman–Crippen MR) is 87.2 cm³/mol. The normalized spacial score (nSPS) is 22.2. The maximum Gasteiger partial charge on any atom is 0.295 e. The molecule has 0 spiro atoms. The molecule has 1 aliphatic carbocycles. The smallest absolute Gasteiger partial charge is 0.295 e. The lowest BCUT2D eigenvalue weighted by atomic mass is 9.94. The minimum Gasteiger partial charge on any atom is -0.328 e. The Bertz CT molecular complexity index is 610. The minimum atomic E-state index is -0.330. The Labute approximate surface area is 131 Å². The van der Waals surface area contributed by atoms with E-state index in [0.29, 0.717) is 12.1 Å². The highest BCUT2D eigenvalue weighted by atomic mass is 16.2. The first-order valence-electron chi connectivity index (χ1n) is 8.03. The zero-order valence-electron chi connectivity index (χ0n) is 12.7. The molecule has 1 aliphatic heterocycles. The van der Waals surface area contributed by atoms with Crippen molar-refractivity contribution in [2.75, 3.05) is 6.54 Å². The van der Waals surface area contributed by atoms with Crippen LogP contribution in [0.25, 0.3) is 6.08 Å². The molecule has 3 heteroatoms. The molecule has 3 rings (SSSR count). The third kappa shape index (κ3) is 3.19. The van der Waals surface area contributed by atoms with Crippen LogP contribution in [0.15, 0.2) is 48.1 Å². The van der Waals surface area contributed by atoms with Crippen LogP contribution in [0.4, 0.5) is 0 Å². The van der Waals surface area contributed by atoms with Gasteiger partial charge in [0.15, 0.2) is 0 Å². The van der Waals surface area contributed by atoms with Gasteiger partial charge in [-0.15, -0.1) is 0 Å². The summed E-state index contributed by atoms with van der Waals surface area (Å²) >= 11 is 0. The van der Waals surface area contributed by atoms with Crippen LogP contribution in [0.5, 0.6) is 0 Å². The van der Waals surface area contributed by atoms with Gasteiger partial charge in [-0.1, -0.05) is 67.8 Å². The summed E-state index contributed by atoms with van der Waals surface area (Å²) in [6.07, 6.45) is 11.2. The van der Waals surface area contributed by atoms with Gasteiger partial charge < -0.3 is 4.90 Å². The minimum absolute atomic E-state index is 0.259. The van der Waals surface area contributed by atoms with Crippen molar-refractivity contribution in [1.82, 2.24) is 4.90 Å². The first-order valence-corrected chi connectivity index (χ1v) is 8.03. The number of Topliss-reactive ketones (excluding diaryl/α,β-unsaturated/α-hetero) is 1. The van der Waals surface area contributed by atoms with Crippen molar-refractivity contribution in [3.63, 3.8) is 0 Å². The first kappa shape index (κ1) is 14.8. The molecule has 0 aromatic heterocycles. The Balaban J connectivity index is 1.69. The predicted octanol–water partition coefficient (Wildman–Crippen LogP) is 3.37. The Morgan fingerprint density at radius 3 is 2.45 bits per heavy atom. The fraction of sp³-hybridized carbons (Fsp3) is 0.368. The number of amides is 1. The molecule has 0 atom stereocenters. The van der Waals surface area contributed by atoms with E-state index in [0.717, 1.165) is 31.2 Å². The Morgan fingerprint density at radius 1 is 1.00 bits per heavy atom. The monoisotopic (exact) mass is 295 g/mol. The van der Waals surface area contributed by atoms with Gasteiger partial charge >= 0.3 is 0 Å². The second-order valence-electron chi connectivity index (χ2n) is 6.02. The largest absolute Gasteiger partial charge is 0.328 e. The summed E-state index contributed by atoms with van der Waals surface area (Å²) in [6.45, 7) is 0.474. The van der Waals surface area contributed by atoms with Gasteiger partial charge in [-0.2, -0.15) is 0 Å². The summed E-state index contributed by atoms with van der Waals surface area (Å²) in [7, 11) is 0. The van der Waals surface area contributed by atoms with E-state index in [4.69, 9.17) is 0 Å². The van der Waals surface area contributed by atoms with Crippen LogP contribution in [0.3, 0.4) is 0 Å². The van der Waals surface area contributed by atoms with Crippen LogP contribution >= 0.6 is 0 Å². The topological polar surface area (TPSA) is 37.4 Å². The van der Waals surface area contributed by atoms with Gasteiger partial charge in [0, 0.05) is 11.6 Å². The lowest BCUT2D eigenvalue weighted by Gasteiger charge is -2.30. The van der Waals surface area contributed by atoms with Crippen LogP contribution in [-0.2, 0) is 9.59 Å². The maximum absolute atomic E-state index is 12.2. The molecular formula is C19H21NO2. The van der Waals surface area contributed by atoms with Crippen LogP contribution in [0, 0.1) is 0 Å². The third-order valence-corrected chi connectivity index (χ3v) is 4.49. The van der Waals surface area contributed by atoms with E-state index in [9.17, 15) is 9.59 Å². The average Bonchev–Trinajstić information content (AvgIpc) is 2.85. The Kier molecular flexibility index (Phi) is 4.52. The van der Waals surface area contributed by atoms with E-state index in [1.807, 2.05) is 42.5 Å². The highest BCUT2D eigenvalue weighted by Gasteiger charge is 2.38. The Hall–Kier alpha value is -2.16. The molecule has 1 saturated heterocycles. The number of carbonyl (C=O) groups excluding carboxylic acids is 2. The van der Waals surface area contributed by atoms with E-state index in [1.54, 1.807) is 11.0 Å². The van der Waals surface area contributed by atoms with Gasteiger partial charge in [0.2, 0.25) is 5.78 Å². The van der Waals surface area contributed by atoms with Crippen LogP contribution < -0.4 is 0 Å². The Morgan fingerprint density at radius 2 is 1.73 bits per heavy atom. The molecule has 0 N–H and O–H groups in total. The fourth-order valence-electron chi connectivity index (χ4n) is 3.25. The summed E-state index contributed by atoms with van der Waals surface area (Å²) in [6, 6.07) is 10.2. The van der Waals surface area contributed by atoms with Gasteiger partial charge in [-0.3, -0.25) is 9.59 Å². The van der Waals surface area contributed by atoms with E-state index in [1.165, 1.54) is 6.42 Å². The number of rotatable bonds is 3. The van der Waals surface area contributed by atoms with E-state index in [2.05, 4.69) is 0 Å². The standard InChI is InChI=1S/C19H21NO2/c21-18-16(11-7-10-15-8-3-1-4-9-15)14-20(19(18)22)17-12-5-2-6-13-17/h1,3-4,7-11,17H,2,5-6,12-14H2/b10-7+,16-11+. The molecular weight excluding hydrogens is 274 g/mol. The first-order chi connectivity index (χ1) is 10.8. The second kappa shape index (κ2) is 6.73. The molecule has 1 amide bonds. The molecule has 114 valence electrons. The molecule has 0 unspecified atom stereocenters. The third-order valence-electron chi connectivity index (χ3n) is 4.49. The number of hydrogen-bond acceptors (Lipinski definition) is 2. The van der Waals surface area contributed by atoms with Crippen LogP contribution in [0.1, 0.15) is 37.7 Å². The van der Waals surface area contributed by atoms with Gasteiger partial charge in [0.1, 0.15) is 0 Å². The summed E-state index contributed by atoms with van der Waals surface area (Å²) in [5.74, 6) is -0.644. The lowest BCUT2D eigenvalue weighted by Crippen LogP contribution is -2.38. The molecule has 0 bridgehead atoms. The van der Waals surface area contributed by atoms with Crippen molar-refractivity contribution in [2.45, 2.75) is 38.1 Å². The van der Waals surface area contributed by atoms with Gasteiger partial charge in [0.25, 0.3) is 5.91 Å². The number of nitrogens with zero attached hydrogens (tertiary/aromatic N) is 1. The van der Waals surface area contributed by atoms with Gasteiger partial charge in [-0.05, 0) is 18.4 Å². The highest BCUT2D eigenvalue weighted by molar-refractivity contribution is 6.45. The van der Waals surface area contributed by atoms with Gasteiger partial charge in [0.05, 0.1) is 6.54 Å². The van der Waals surface area contributed by atoms with Crippen molar-refractivity contribution in [3.8, 4) is 0 Å². The zero-order valence-corrected chi connectivity index (χ0v) is 12.7. The molecule has 2 fully saturated rings.